The molecular weight excluding hydrogens is 222 g/mol. The fourth-order valence-electron chi connectivity index (χ4n) is 2.89. The van der Waals surface area contributed by atoms with Crippen LogP contribution in [0.4, 0.5) is 0 Å². The van der Waals surface area contributed by atoms with Gasteiger partial charge in [0.1, 0.15) is 5.75 Å². The highest BCUT2D eigenvalue weighted by molar-refractivity contribution is 5.38. The second-order valence-corrected chi connectivity index (χ2v) is 5.46. The van der Waals surface area contributed by atoms with Gasteiger partial charge < -0.3 is 10.0 Å². The summed E-state index contributed by atoms with van der Waals surface area (Å²) in [7, 11) is 0. The molecule has 1 aromatic rings. The Bertz CT molecular complexity index is 371. The molecule has 1 aromatic carbocycles. The SMILES string of the molecule is CCCN(CCC)C[C@H]1C[C@@H]1c1ccccc1O. The lowest BCUT2D eigenvalue weighted by molar-refractivity contribution is 0.262. The van der Waals surface area contributed by atoms with E-state index in [-0.39, 0.29) is 0 Å². The third-order valence-electron chi connectivity index (χ3n) is 3.83. The van der Waals surface area contributed by atoms with Gasteiger partial charge in [-0.3, -0.25) is 0 Å². The van der Waals surface area contributed by atoms with Crippen molar-refractivity contribution < 1.29 is 5.11 Å². The average molecular weight is 247 g/mol. The lowest BCUT2D eigenvalue weighted by Crippen LogP contribution is -2.28. The Labute approximate surface area is 111 Å². The summed E-state index contributed by atoms with van der Waals surface area (Å²) in [5, 5.41) is 9.87. The maximum absolute atomic E-state index is 9.87. The summed E-state index contributed by atoms with van der Waals surface area (Å²) in [5.41, 5.74) is 1.15. The van der Waals surface area contributed by atoms with E-state index in [1.807, 2.05) is 12.1 Å². The first-order valence-electron chi connectivity index (χ1n) is 7.26. The summed E-state index contributed by atoms with van der Waals surface area (Å²) in [6.07, 6.45) is 3.70. The van der Waals surface area contributed by atoms with Crippen LogP contribution in [0.2, 0.25) is 0 Å². The van der Waals surface area contributed by atoms with E-state index in [0.29, 0.717) is 11.7 Å². The van der Waals surface area contributed by atoms with Crippen LogP contribution < -0.4 is 0 Å². The Kier molecular flexibility index (Phi) is 4.65. The monoisotopic (exact) mass is 247 g/mol. The van der Waals surface area contributed by atoms with Gasteiger partial charge >= 0.3 is 0 Å². The minimum absolute atomic E-state index is 0.475. The molecule has 0 spiro atoms. The van der Waals surface area contributed by atoms with E-state index < -0.39 is 0 Å². The van der Waals surface area contributed by atoms with Crippen molar-refractivity contribution in [3.8, 4) is 5.75 Å². The molecule has 0 amide bonds. The van der Waals surface area contributed by atoms with E-state index in [1.165, 1.54) is 38.9 Å². The fourth-order valence-corrected chi connectivity index (χ4v) is 2.89. The Balaban J connectivity index is 1.89. The van der Waals surface area contributed by atoms with Gasteiger partial charge in [0.15, 0.2) is 0 Å². The van der Waals surface area contributed by atoms with Crippen molar-refractivity contribution in [1.82, 2.24) is 4.90 Å². The Morgan fingerprint density at radius 3 is 2.44 bits per heavy atom. The van der Waals surface area contributed by atoms with Gasteiger partial charge in [-0.05, 0) is 55.8 Å². The first kappa shape index (κ1) is 13.4. The molecule has 0 heterocycles. The summed E-state index contributed by atoms with van der Waals surface area (Å²) in [4.78, 5) is 2.57. The normalized spacial score (nSPS) is 22.4. The summed E-state index contributed by atoms with van der Waals surface area (Å²) in [6.45, 7) is 8.10. The quantitative estimate of drug-likeness (QED) is 0.795. The summed E-state index contributed by atoms with van der Waals surface area (Å²) >= 11 is 0. The number of rotatable bonds is 7. The van der Waals surface area contributed by atoms with Crippen molar-refractivity contribution in [3.05, 3.63) is 29.8 Å². The molecule has 2 heteroatoms. The number of benzene rings is 1. The lowest BCUT2D eigenvalue weighted by atomic mass is 10.1. The van der Waals surface area contributed by atoms with Crippen molar-refractivity contribution in [2.24, 2.45) is 5.92 Å². The minimum Gasteiger partial charge on any atom is -0.508 e. The van der Waals surface area contributed by atoms with E-state index in [2.05, 4.69) is 24.8 Å². The molecular formula is C16H25NO. The average Bonchev–Trinajstić information content (AvgIpc) is 3.09. The molecule has 1 saturated carbocycles. The van der Waals surface area contributed by atoms with E-state index in [0.717, 1.165) is 11.5 Å². The molecule has 1 aliphatic rings. The number of nitrogens with zero attached hydrogens (tertiary/aromatic N) is 1. The van der Waals surface area contributed by atoms with Crippen LogP contribution in [0.5, 0.6) is 5.75 Å². The Hall–Kier alpha value is -1.02. The minimum atomic E-state index is 0.475. The number of aromatic hydroxyl groups is 1. The van der Waals surface area contributed by atoms with Gasteiger partial charge in [-0.25, -0.2) is 0 Å². The molecule has 0 saturated heterocycles. The van der Waals surface area contributed by atoms with E-state index >= 15 is 0 Å². The summed E-state index contributed by atoms with van der Waals surface area (Å²) < 4.78 is 0. The first-order chi connectivity index (χ1) is 8.76. The second-order valence-electron chi connectivity index (χ2n) is 5.46. The number of hydrogen-bond donors (Lipinski definition) is 1. The maximum Gasteiger partial charge on any atom is 0.119 e. The molecule has 0 unspecified atom stereocenters. The summed E-state index contributed by atoms with van der Waals surface area (Å²) in [5.74, 6) is 1.81. The highest BCUT2D eigenvalue weighted by atomic mass is 16.3. The van der Waals surface area contributed by atoms with E-state index in [9.17, 15) is 5.11 Å². The highest BCUT2D eigenvalue weighted by Crippen LogP contribution is 2.50. The van der Waals surface area contributed by atoms with Crippen LogP contribution in [-0.4, -0.2) is 29.6 Å². The lowest BCUT2D eigenvalue weighted by Gasteiger charge is -2.20. The topological polar surface area (TPSA) is 23.5 Å². The van der Waals surface area contributed by atoms with Gasteiger partial charge in [-0.1, -0.05) is 32.0 Å². The van der Waals surface area contributed by atoms with Gasteiger partial charge in [0.25, 0.3) is 0 Å². The van der Waals surface area contributed by atoms with Crippen LogP contribution in [0, 0.1) is 5.92 Å². The van der Waals surface area contributed by atoms with Gasteiger partial charge in [-0.15, -0.1) is 0 Å². The van der Waals surface area contributed by atoms with Crippen molar-refractivity contribution in [1.29, 1.82) is 0 Å². The standard InChI is InChI=1S/C16H25NO/c1-3-9-17(10-4-2)12-13-11-15(13)14-7-5-6-8-16(14)18/h5-8,13,15,18H,3-4,9-12H2,1-2H3/t13-,15+/m1/s1. The second kappa shape index (κ2) is 6.24. The molecule has 0 aromatic heterocycles. The van der Waals surface area contributed by atoms with Crippen LogP contribution in [-0.2, 0) is 0 Å². The zero-order valence-corrected chi connectivity index (χ0v) is 11.6. The zero-order valence-electron chi connectivity index (χ0n) is 11.6. The molecule has 1 N–H and O–H groups in total. The maximum atomic E-state index is 9.87. The molecule has 18 heavy (non-hydrogen) atoms. The Morgan fingerprint density at radius 2 is 1.83 bits per heavy atom. The third kappa shape index (κ3) is 3.26. The largest absolute Gasteiger partial charge is 0.508 e. The third-order valence-corrected chi connectivity index (χ3v) is 3.83. The van der Waals surface area contributed by atoms with Gasteiger partial charge in [-0.2, -0.15) is 0 Å². The number of phenolic OH excluding ortho intramolecular Hbond substituents is 1. The zero-order chi connectivity index (χ0) is 13.0. The van der Waals surface area contributed by atoms with Crippen molar-refractivity contribution in [3.63, 3.8) is 0 Å². The van der Waals surface area contributed by atoms with Crippen LogP contribution >= 0.6 is 0 Å². The van der Waals surface area contributed by atoms with Crippen LogP contribution in [0.15, 0.2) is 24.3 Å². The number of hydrogen-bond acceptors (Lipinski definition) is 2. The van der Waals surface area contributed by atoms with E-state index in [1.54, 1.807) is 6.07 Å². The number of para-hydroxylation sites is 1. The van der Waals surface area contributed by atoms with Gasteiger partial charge in [0.2, 0.25) is 0 Å². The van der Waals surface area contributed by atoms with Crippen LogP contribution in [0.1, 0.15) is 44.6 Å². The van der Waals surface area contributed by atoms with Crippen molar-refractivity contribution in [2.75, 3.05) is 19.6 Å². The fraction of sp³-hybridized carbons (Fsp3) is 0.625. The predicted octanol–water partition coefficient (Wildman–Crippen LogP) is 3.62. The molecule has 2 atom stereocenters. The smallest absolute Gasteiger partial charge is 0.119 e. The number of phenols is 1. The van der Waals surface area contributed by atoms with Gasteiger partial charge in [0.05, 0.1) is 0 Å². The van der Waals surface area contributed by atoms with Gasteiger partial charge in [0, 0.05) is 6.54 Å². The Morgan fingerprint density at radius 1 is 1.17 bits per heavy atom. The molecule has 0 bridgehead atoms. The van der Waals surface area contributed by atoms with Crippen LogP contribution in [0.25, 0.3) is 0 Å². The molecule has 1 aliphatic carbocycles. The van der Waals surface area contributed by atoms with Crippen LogP contribution in [0.3, 0.4) is 0 Å². The molecule has 2 rings (SSSR count). The molecule has 0 aliphatic heterocycles. The molecule has 1 fully saturated rings. The molecule has 0 radical (unpaired) electrons. The van der Waals surface area contributed by atoms with E-state index in [4.69, 9.17) is 0 Å². The molecule has 100 valence electrons. The van der Waals surface area contributed by atoms with Crippen molar-refractivity contribution >= 4 is 0 Å². The summed E-state index contributed by atoms with van der Waals surface area (Å²) in [6, 6.07) is 7.81. The molecule has 2 nitrogen and oxygen atoms in total. The highest BCUT2D eigenvalue weighted by Gasteiger charge is 2.40. The van der Waals surface area contributed by atoms with Crippen molar-refractivity contribution in [2.45, 2.75) is 39.0 Å². The first-order valence-corrected chi connectivity index (χ1v) is 7.26. The predicted molar refractivity (Wildman–Crippen MR) is 76.0 cm³/mol.